The number of nitrogens with one attached hydrogen (secondary N) is 2. The maximum Gasteiger partial charge on any atom is 0.243 e. The molecule has 0 atom stereocenters. The number of amides is 1. The lowest BCUT2D eigenvalue weighted by Crippen LogP contribution is -2.22. The van der Waals surface area contributed by atoms with Crippen molar-refractivity contribution in [3.05, 3.63) is 53.6 Å². The number of hydrogen-bond donors (Lipinski definition) is 2. The summed E-state index contributed by atoms with van der Waals surface area (Å²) in [5.74, 6) is -0.0383. The molecule has 1 heterocycles. The number of carbonyl (C=O) groups excluding carboxylic acids is 1. The third-order valence-electron chi connectivity index (χ3n) is 4.30. The fourth-order valence-corrected chi connectivity index (χ4v) is 3.20. The first-order chi connectivity index (χ1) is 11.6. The van der Waals surface area contributed by atoms with Crippen molar-refractivity contribution in [2.24, 2.45) is 0 Å². The maximum absolute atomic E-state index is 12.1. The van der Waals surface area contributed by atoms with Gasteiger partial charge < -0.3 is 15.5 Å². The molecule has 0 spiro atoms. The van der Waals surface area contributed by atoms with E-state index < -0.39 is 0 Å². The van der Waals surface area contributed by atoms with Gasteiger partial charge in [0.2, 0.25) is 5.91 Å². The molecule has 2 N–H and O–H groups in total. The van der Waals surface area contributed by atoms with Crippen LogP contribution < -0.4 is 15.5 Å². The van der Waals surface area contributed by atoms with E-state index in [-0.39, 0.29) is 12.5 Å². The van der Waals surface area contributed by atoms with Gasteiger partial charge in [-0.05, 0) is 74.2 Å². The Morgan fingerprint density at radius 3 is 2.21 bits per heavy atom. The van der Waals surface area contributed by atoms with Gasteiger partial charge in [-0.15, -0.1) is 0 Å². The van der Waals surface area contributed by atoms with Crippen LogP contribution in [0.1, 0.15) is 24.0 Å². The molecule has 2 aromatic carbocycles. The summed E-state index contributed by atoms with van der Waals surface area (Å²) in [6, 6.07) is 14.4. The molecule has 4 nitrogen and oxygen atoms in total. The highest BCUT2D eigenvalue weighted by molar-refractivity contribution is 5.93. The summed E-state index contributed by atoms with van der Waals surface area (Å²) in [6.07, 6.45) is 2.55. The number of hydrogen-bond acceptors (Lipinski definition) is 3. The standard InChI is InChI=1S/C20H25N3O/c1-15-11-16(2)13-18(12-15)22-20(24)14-21-17-5-7-19(8-6-17)23-9-3-4-10-23/h5-8,11-13,21H,3-4,9-10,14H2,1-2H3,(H,22,24). The minimum atomic E-state index is -0.0383. The van der Waals surface area contributed by atoms with Crippen molar-refractivity contribution in [1.82, 2.24) is 0 Å². The zero-order valence-electron chi connectivity index (χ0n) is 14.4. The van der Waals surface area contributed by atoms with E-state index in [1.807, 2.05) is 38.1 Å². The van der Waals surface area contributed by atoms with Crippen LogP contribution in [-0.2, 0) is 4.79 Å². The molecular formula is C20H25N3O. The molecule has 0 saturated carbocycles. The summed E-state index contributed by atoms with van der Waals surface area (Å²) in [7, 11) is 0. The molecule has 4 heteroatoms. The number of rotatable bonds is 5. The van der Waals surface area contributed by atoms with Crippen LogP contribution in [0.25, 0.3) is 0 Å². The third kappa shape index (κ3) is 4.28. The van der Waals surface area contributed by atoms with Crippen LogP contribution in [0, 0.1) is 13.8 Å². The van der Waals surface area contributed by atoms with Gasteiger partial charge in [0.25, 0.3) is 0 Å². The van der Waals surface area contributed by atoms with Gasteiger partial charge in [-0.1, -0.05) is 6.07 Å². The quantitative estimate of drug-likeness (QED) is 0.875. The van der Waals surface area contributed by atoms with E-state index in [0.29, 0.717) is 0 Å². The van der Waals surface area contributed by atoms with Crippen molar-refractivity contribution >= 4 is 23.0 Å². The molecule has 1 saturated heterocycles. The number of benzene rings is 2. The minimum Gasteiger partial charge on any atom is -0.376 e. The van der Waals surface area contributed by atoms with E-state index in [4.69, 9.17) is 0 Å². The van der Waals surface area contributed by atoms with Crippen LogP contribution in [-0.4, -0.2) is 25.5 Å². The summed E-state index contributed by atoms with van der Waals surface area (Å²) < 4.78 is 0. The highest BCUT2D eigenvalue weighted by atomic mass is 16.1. The van der Waals surface area contributed by atoms with E-state index in [9.17, 15) is 4.79 Å². The molecule has 1 amide bonds. The topological polar surface area (TPSA) is 44.4 Å². The van der Waals surface area contributed by atoms with Gasteiger partial charge in [-0.2, -0.15) is 0 Å². The molecule has 0 aliphatic carbocycles. The highest BCUT2D eigenvalue weighted by Gasteiger charge is 2.11. The first-order valence-corrected chi connectivity index (χ1v) is 8.57. The summed E-state index contributed by atoms with van der Waals surface area (Å²) >= 11 is 0. The molecule has 0 bridgehead atoms. The van der Waals surface area contributed by atoms with Gasteiger partial charge in [0.05, 0.1) is 6.54 Å². The second kappa shape index (κ2) is 7.39. The van der Waals surface area contributed by atoms with E-state index in [0.717, 1.165) is 35.6 Å². The fourth-order valence-electron chi connectivity index (χ4n) is 3.20. The number of aryl methyl sites for hydroxylation is 2. The average molecular weight is 323 g/mol. The normalized spacial score (nSPS) is 13.8. The van der Waals surface area contributed by atoms with Crippen molar-refractivity contribution in [2.45, 2.75) is 26.7 Å². The Labute approximate surface area is 143 Å². The Morgan fingerprint density at radius 1 is 0.958 bits per heavy atom. The second-order valence-electron chi connectivity index (χ2n) is 6.52. The van der Waals surface area contributed by atoms with Crippen molar-refractivity contribution < 1.29 is 4.79 Å². The molecule has 3 rings (SSSR count). The van der Waals surface area contributed by atoms with E-state index >= 15 is 0 Å². The molecule has 1 fully saturated rings. The van der Waals surface area contributed by atoms with E-state index in [1.165, 1.54) is 18.5 Å². The monoisotopic (exact) mass is 323 g/mol. The Balaban J connectivity index is 1.52. The van der Waals surface area contributed by atoms with Crippen LogP contribution >= 0.6 is 0 Å². The van der Waals surface area contributed by atoms with Crippen molar-refractivity contribution in [3.8, 4) is 0 Å². The van der Waals surface area contributed by atoms with Crippen molar-refractivity contribution in [3.63, 3.8) is 0 Å². The maximum atomic E-state index is 12.1. The number of carbonyl (C=O) groups is 1. The van der Waals surface area contributed by atoms with E-state index in [1.54, 1.807) is 0 Å². The van der Waals surface area contributed by atoms with Crippen molar-refractivity contribution in [2.75, 3.05) is 35.2 Å². The van der Waals surface area contributed by atoms with Gasteiger partial charge in [0, 0.05) is 30.2 Å². The lowest BCUT2D eigenvalue weighted by Gasteiger charge is -2.18. The molecule has 0 radical (unpaired) electrons. The van der Waals surface area contributed by atoms with Gasteiger partial charge >= 0.3 is 0 Å². The average Bonchev–Trinajstić information content (AvgIpc) is 3.07. The fraction of sp³-hybridized carbons (Fsp3) is 0.350. The van der Waals surface area contributed by atoms with Gasteiger partial charge in [-0.25, -0.2) is 0 Å². The molecule has 24 heavy (non-hydrogen) atoms. The first kappa shape index (κ1) is 16.4. The third-order valence-corrected chi connectivity index (χ3v) is 4.30. The smallest absolute Gasteiger partial charge is 0.243 e. The lowest BCUT2D eigenvalue weighted by molar-refractivity contribution is -0.114. The molecular weight excluding hydrogens is 298 g/mol. The van der Waals surface area contributed by atoms with E-state index in [2.05, 4.69) is 33.7 Å². The second-order valence-corrected chi connectivity index (χ2v) is 6.52. The van der Waals surface area contributed by atoms with Gasteiger partial charge in [0.1, 0.15) is 0 Å². The lowest BCUT2D eigenvalue weighted by atomic mass is 10.1. The Morgan fingerprint density at radius 2 is 1.58 bits per heavy atom. The molecule has 1 aliphatic heterocycles. The largest absolute Gasteiger partial charge is 0.376 e. The molecule has 2 aromatic rings. The zero-order valence-corrected chi connectivity index (χ0v) is 14.4. The summed E-state index contributed by atoms with van der Waals surface area (Å²) in [4.78, 5) is 14.5. The van der Waals surface area contributed by atoms with Crippen LogP contribution in [0.4, 0.5) is 17.1 Å². The minimum absolute atomic E-state index is 0.0383. The van der Waals surface area contributed by atoms with Gasteiger partial charge in [0.15, 0.2) is 0 Å². The number of anilines is 3. The molecule has 0 aromatic heterocycles. The SMILES string of the molecule is Cc1cc(C)cc(NC(=O)CNc2ccc(N3CCCC3)cc2)c1. The van der Waals surface area contributed by atoms with Crippen LogP contribution in [0.15, 0.2) is 42.5 Å². The molecule has 126 valence electrons. The Bertz CT molecular complexity index is 683. The number of nitrogens with zero attached hydrogens (tertiary/aromatic N) is 1. The molecule has 0 unspecified atom stereocenters. The summed E-state index contributed by atoms with van der Waals surface area (Å²) in [5, 5.41) is 6.12. The van der Waals surface area contributed by atoms with Crippen LogP contribution in [0.3, 0.4) is 0 Å². The Hall–Kier alpha value is -2.49. The summed E-state index contributed by atoms with van der Waals surface area (Å²) in [5.41, 5.74) is 5.38. The van der Waals surface area contributed by atoms with Gasteiger partial charge in [-0.3, -0.25) is 4.79 Å². The van der Waals surface area contributed by atoms with Crippen molar-refractivity contribution in [1.29, 1.82) is 0 Å². The summed E-state index contributed by atoms with van der Waals surface area (Å²) in [6.45, 7) is 6.61. The predicted molar refractivity (Wildman–Crippen MR) is 101 cm³/mol. The predicted octanol–water partition coefficient (Wildman–Crippen LogP) is 3.95. The van der Waals surface area contributed by atoms with Crippen LogP contribution in [0.2, 0.25) is 0 Å². The zero-order chi connectivity index (χ0) is 16.9. The highest BCUT2D eigenvalue weighted by Crippen LogP contribution is 2.22. The van der Waals surface area contributed by atoms with Crippen LogP contribution in [0.5, 0.6) is 0 Å². The molecule has 1 aliphatic rings. The first-order valence-electron chi connectivity index (χ1n) is 8.57. The Kier molecular flexibility index (Phi) is 5.04.